The number of carbonyl (C=O) groups is 1. The van der Waals surface area contributed by atoms with E-state index in [1.165, 1.54) is 11.3 Å². The number of halogens is 1. The van der Waals surface area contributed by atoms with Crippen molar-refractivity contribution >= 4 is 39.1 Å². The van der Waals surface area contributed by atoms with Crippen LogP contribution in [0.1, 0.15) is 30.1 Å². The molecule has 1 aromatic heterocycles. The molecule has 3 rings (SSSR count). The van der Waals surface area contributed by atoms with E-state index in [0.717, 1.165) is 28.8 Å². The van der Waals surface area contributed by atoms with E-state index in [4.69, 9.17) is 22.8 Å². The van der Waals surface area contributed by atoms with Crippen molar-refractivity contribution in [1.82, 2.24) is 4.57 Å². The van der Waals surface area contributed by atoms with Gasteiger partial charge in [0.1, 0.15) is 5.75 Å². The smallest absolute Gasteiger partial charge is 0.279 e. The second-order valence-electron chi connectivity index (χ2n) is 5.93. The molecule has 0 unspecified atom stereocenters. The van der Waals surface area contributed by atoms with E-state index >= 15 is 0 Å². The van der Waals surface area contributed by atoms with E-state index in [2.05, 4.69) is 17.8 Å². The van der Waals surface area contributed by atoms with Gasteiger partial charge in [-0.3, -0.25) is 4.79 Å². The lowest BCUT2D eigenvalue weighted by molar-refractivity contribution is 0.0998. The van der Waals surface area contributed by atoms with Gasteiger partial charge in [0, 0.05) is 10.6 Å². The molecule has 0 radical (unpaired) electrons. The standard InChI is InChI=1S/C21H19ClN2O2S/c1-3-5-13-26-17-9-6-15(7-10-17)20(25)23-21-24(12-4-2)18-11-8-16(22)14-19(18)27-21/h2,6-11,14H,3,5,12-13H2,1H3. The third kappa shape index (κ3) is 4.60. The predicted molar refractivity (Wildman–Crippen MR) is 110 cm³/mol. The summed E-state index contributed by atoms with van der Waals surface area (Å²) < 4.78 is 8.40. The number of benzene rings is 2. The summed E-state index contributed by atoms with van der Waals surface area (Å²) >= 11 is 7.46. The van der Waals surface area contributed by atoms with Gasteiger partial charge in [0.05, 0.1) is 23.4 Å². The van der Waals surface area contributed by atoms with E-state index < -0.39 is 0 Å². The summed E-state index contributed by atoms with van der Waals surface area (Å²) in [5.74, 6) is 3.04. The number of unbranched alkanes of at least 4 members (excludes halogenated alkanes) is 1. The lowest BCUT2D eigenvalue weighted by Gasteiger charge is -2.05. The minimum absolute atomic E-state index is 0.321. The Labute approximate surface area is 167 Å². The van der Waals surface area contributed by atoms with Gasteiger partial charge in [0.15, 0.2) is 4.80 Å². The van der Waals surface area contributed by atoms with Crippen LogP contribution in [0.4, 0.5) is 0 Å². The first kappa shape index (κ1) is 19.2. The highest BCUT2D eigenvalue weighted by Crippen LogP contribution is 2.22. The van der Waals surface area contributed by atoms with Crippen LogP contribution in [0, 0.1) is 12.3 Å². The van der Waals surface area contributed by atoms with Crippen LogP contribution >= 0.6 is 22.9 Å². The van der Waals surface area contributed by atoms with Crippen molar-refractivity contribution in [3.05, 3.63) is 57.9 Å². The number of hydrogen-bond donors (Lipinski definition) is 0. The summed E-state index contributed by atoms with van der Waals surface area (Å²) in [5, 5.41) is 0.633. The first-order valence-electron chi connectivity index (χ1n) is 8.66. The summed E-state index contributed by atoms with van der Waals surface area (Å²) in [6.07, 6.45) is 7.56. The molecule has 1 heterocycles. The van der Waals surface area contributed by atoms with E-state index in [1.807, 2.05) is 16.7 Å². The van der Waals surface area contributed by atoms with Crippen molar-refractivity contribution in [3.8, 4) is 18.1 Å². The fraction of sp³-hybridized carbons (Fsp3) is 0.238. The maximum absolute atomic E-state index is 12.6. The number of ether oxygens (including phenoxy) is 1. The van der Waals surface area contributed by atoms with E-state index in [1.54, 1.807) is 30.3 Å². The topological polar surface area (TPSA) is 43.6 Å². The number of carbonyl (C=O) groups excluding carboxylic acids is 1. The number of hydrogen-bond acceptors (Lipinski definition) is 3. The Morgan fingerprint density at radius 1 is 1.30 bits per heavy atom. The summed E-state index contributed by atoms with van der Waals surface area (Å²) in [7, 11) is 0. The zero-order chi connectivity index (χ0) is 19.2. The molecule has 6 heteroatoms. The molecule has 2 aromatic carbocycles. The first-order valence-corrected chi connectivity index (χ1v) is 9.86. The molecule has 138 valence electrons. The van der Waals surface area contributed by atoms with Gasteiger partial charge < -0.3 is 9.30 Å². The maximum atomic E-state index is 12.6. The quantitative estimate of drug-likeness (QED) is 0.437. The van der Waals surface area contributed by atoms with Crippen LogP contribution in [0.2, 0.25) is 5.02 Å². The second-order valence-corrected chi connectivity index (χ2v) is 7.38. The Bertz CT molecular complexity index is 1060. The van der Waals surface area contributed by atoms with Gasteiger partial charge in [-0.05, 0) is 48.9 Å². The van der Waals surface area contributed by atoms with Gasteiger partial charge in [-0.1, -0.05) is 42.2 Å². The zero-order valence-corrected chi connectivity index (χ0v) is 16.5. The number of amides is 1. The zero-order valence-electron chi connectivity index (χ0n) is 14.9. The van der Waals surface area contributed by atoms with Crippen LogP contribution in [0.15, 0.2) is 47.5 Å². The van der Waals surface area contributed by atoms with Gasteiger partial charge >= 0.3 is 0 Å². The highest BCUT2D eigenvalue weighted by molar-refractivity contribution is 7.16. The predicted octanol–water partition coefficient (Wildman–Crippen LogP) is 4.91. The number of aromatic nitrogens is 1. The Balaban J connectivity index is 1.90. The Kier molecular flexibility index (Phi) is 6.33. The molecular formula is C21H19ClN2O2S. The van der Waals surface area contributed by atoms with E-state index in [0.29, 0.717) is 28.5 Å². The lowest BCUT2D eigenvalue weighted by Crippen LogP contribution is -2.16. The first-order chi connectivity index (χ1) is 13.1. The number of thiazole rings is 1. The van der Waals surface area contributed by atoms with Crippen LogP contribution in [0.25, 0.3) is 10.2 Å². The van der Waals surface area contributed by atoms with Crippen molar-refractivity contribution in [2.24, 2.45) is 4.99 Å². The number of terminal acetylenes is 1. The number of nitrogens with zero attached hydrogens (tertiary/aromatic N) is 2. The Hall–Kier alpha value is -2.55. The van der Waals surface area contributed by atoms with Gasteiger partial charge in [-0.15, -0.1) is 6.42 Å². The molecule has 0 spiro atoms. The minimum atomic E-state index is -0.321. The average molecular weight is 399 g/mol. The summed E-state index contributed by atoms with van der Waals surface area (Å²) in [4.78, 5) is 17.4. The molecule has 0 atom stereocenters. The Morgan fingerprint density at radius 2 is 2.07 bits per heavy atom. The van der Waals surface area contributed by atoms with Gasteiger partial charge in [-0.2, -0.15) is 4.99 Å². The average Bonchev–Trinajstić information content (AvgIpc) is 2.99. The highest BCUT2D eigenvalue weighted by atomic mass is 35.5. The lowest BCUT2D eigenvalue weighted by atomic mass is 10.2. The van der Waals surface area contributed by atoms with Crippen molar-refractivity contribution in [2.75, 3.05) is 6.61 Å². The number of rotatable bonds is 6. The monoisotopic (exact) mass is 398 g/mol. The molecule has 3 aromatic rings. The largest absolute Gasteiger partial charge is 0.494 e. The third-order valence-corrected chi connectivity index (χ3v) is 5.24. The highest BCUT2D eigenvalue weighted by Gasteiger charge is 2.09. The molecule has 0 saturated heterocycles. The van der Waals surface area contributed by atoms with Gasteiger partial charge in [0.25, 0.3) is 5.91 Å². The third-order valence-electron chi connectivity index (χ3n) is 3.96. The molecule has 1 amide bonds. The molecule has 0 aliphatic carbocycles. The molecular weight excluding hydrogens is 380 g/mol. The van der Waals surface area contributed by atoms with Crippen LogP contribution < -0.4 is 9.54 Å². The normalized spacial score (nSPS) is 11.5. The van der Waals surface area contributed by atoms with Crippen molar-refractivity contribution in [2.45, 2.75) is 26.3 Å². The molecule has 0 aliphatic heterocycles. The molecule has 0 bridgehead atoms. The second kappa shape index (κ2) is 8.90. The number of fused-ring (bicyclic) bond motifs is 1. The molecule has 0 aliphatic rings. The van der Waals surface area contributed by atoms with Crippen LogP contribution in [-0.2, 0) is 6.54 Å². The van der Waals surface area contributed by atoms with Gasteiger partial charge in [0.2, 0.25) is 0 Å². The molecule has 27 heavy (non-hydrogen) atoms. The SMILES string of the molecule is C#CCn1c(=NC(=O)c2ccc(OCCCC)cc2)sc2cc(Cl)ccc21. The molecule has 4 nitrogen and oxygen atoms in total. The summed E-state index contributed by atoms with van der Waals surface area (Å²) in [6, 6.07) is 12.6. The van der Waals surface area contributed by atoms with Crippen molar-refractivity contribution in [3.63, 3.8) is 0 Å². The van der Waals surface area contributed by atoms with Crippen LogP contribution in [-0.4, -0.2) is 17.1 Å². The maximum Gasteiger partial charge on any atom is 0.279 e. The van der Waals surface area contributed by atoms with E-state index in [-0.39, 0.29) is 5.91 Å². The molecule has 0 fully saturated rings. The van der Waals surface area contributed by atoms with E-state index in [9.17, 15) is 4.79 Å². The Morgan fingerprint density at radius 3 is 2.78 bits per heavy atom. The summed E-state index contributed by atoms with van der Waals surface area (Å²) in [6.45, 7) is 3.11. The van der Waals surface area contributed by atoms with Gasteiger partial charge in [-0.25, -0.2) is 0 Å². The van der Waals surface area contributed by atoms with Crippen molar-refractivity contribution < 1.29 is 9.53 Å². The van der Waals surface area contributed by atoms with Crippen LogP contribution in [0.5, 0.6) is 5.75 Å². The fourth-order valence-corrected chi connectivity index (χ4v) is 3.86. The molecule has 0 N–H and O–H groups in total. The summed E-state index contributed by atoms with van der Waals surface area (Å²) in [5.41, 5.74) is 1.41. The molecule has 0 saturated carbocycles. The van der Waals surface area contributed by atoms with Crippen molar-refractivity contribution in [1.29, 1.82) is 0 Å². The van der Waals surface area contributed by atoms with Crippen LogP contribution in [0.3, 0.4) is 0 Å². The fourth-order valence-electron chi connectivity index (χ4n) is 2.56. The minimum Gasteiger partial charge on any atom is -0.494 e.